The summed E-state index contributed by atoms with van der Waals surface area (Å²) in [6.07, 6.45) is -1.95. The van der Waals surface area contributed by atoms with Crippen LogP contribution < -0.4 is 5.49 Å². The van der Waals surface area contributed by atoms with Gasteiger partial charge in [-0.3, -0.25) is 9.36 Å². The number of aromatic amines is 1. The molecule has 1 aliphatic heterocycles. The number of benzene rings is 1. The molecule has 10 nitrogen and oxygen atoms in total. The van der Waals surface area contributed by atoms with Gasteiger partial charge in [0.1, 0.15) is 30.2 Å². The van der Waals surface area contributed by atoms with E-state index < -0.39 is 37.1 Å². The lowest BCUT2D eigenvalue weighted by molar-refractivity contribution is -0.0549. The van der Waals surface area contributed by atoms with E-state index in [0.29, 0.717) is 16.7 Å². The number of aliphatic hydroxyl groups excluding tert-OH is 3. The largest absolute Gasteiger partial charge is 0.394 e. The van der Waals surface area contributed by atoms with Crippen LogP contribution >= 0.6 is 0 Å². The average molecular weight is 371 g/mol. The van der Waals surface area contributed by atoms with Crippen molar-refractivity contribution in [1.29, 1.82) is 0 Å². The van der Waals surface area contributed by atoms with E-state index in [0.717, 1.165) is 0 Å². The van der Waals surface area contributed by atoms with Crippen LogP contribution in [0.1, 0.15) is 16.6 Å². The minimum Gasteiger partial charge on any atom is -0.394 e. The van der Waals surface area contributed by atoms with Gasteiger partial charge in [0.25, 0.3) is 5.91 Å². The van der Waals surface area contributed by atoms with Crippen molar-refractivity contribution in [2.45, 2.75) is 24.5 Å². The van der Waals surface area contributed by atoms with E-state index in [9.17, 15) is 20.1 Å². The van der Waals surface area contributed by atoms with Crippen molar-refractivity contribution >= 4 is 17.1 Å². The van der Waals surface area contributed by atoms with Crippen LogP contribution in [0.5, 0.6) is 0 Å². The van der Waals surface area contributed by atoms with E-state index in [4.69, 9.17) is 4.74 Å². The molecule has 140 valence electrons. The van der Waals surface area contributed by atoms with Gasteiger partial charge in [0.2, 0.25) is 0 Å². The summed E-state index contributed by atoms with van der Waals surface area (Å²) in [6.45, 7) is -0.468. The van der Waals surface area contributed by atoms with Crippen molar-refractivity contribution in [3.8, 4) is 0 Å². The van der Waals surface area contributed by atoms with E-state index in [1.807, 2.05) is 0 Å². The molecule has 0 bridgehead atoms. The summed E-state index contributed by atoms with van der Waals surface area (Å²) in [5, 5.41) is 29.7. The summed E-state index contributed by atoms with van der Waals surface area (Å²) < 4.78 is 6.88. The monoisotopic (exact) mass is 371 g/mol. The number of amides is 1. The summed E-state index contributed by atoms with van der Waals surface area (Å²) in [7, 11) is 0. The molecule has 10 heteroatoms. The summed E-state index contributed by atoms with van der Waals surface area (Å²) in [5.74, 6) is -0.502. The highest BCUT2D eigenvalue weighted by atomic mass is 16.6. The van der Waals surface area contributed by atoms with Gasteiger partial charge in [-0.25, -0.2) is 9.97 Å². The summed E-state index contributed by atoms with van der Waals surface area (Å²) >= 11 is 0. The molecule has 1 fully saturated rings. The van der Waals surface area contributed by atoms with E-state index in [1.165, 1.54) is 17.2 Å². The van der Waals surface area contributed by atoms with Crippen LogP contribution in [0.4, 0.5) is 0 Å². The quantitative estimate of drug-likeness (QED) is 0.467. The molecule has 0 unspecified atom stereocenters. The predicted molar refractivity (Wildman–Crippen MR) is 91.2 cm³/mol. The van der Waals surface area contributed by atoms with Gasteiger partial charge in [0.15, 0.2) is 17.4 Å². The minimum absolute atomic E-state index is 0.140. The molecule has 4 N–H and O–H groups in total. The molecule has 0 saturated carbocycles. The Bertz CT molecular complexity index is 1030. The van der Waals surface area contributed by atoms with Crippen LogP contribution in [-0.4, -0.2) is 65.7 Å². The Kier molecular flexibility index (Phi) is 4.54. The Labute approximate surface area is 152 Å². The Morgan fingerprint density at radius 2 is 2.00 bits per heavy atom. The maximum absolute atomic E-state index is 12.6. The fourth-order valence-electron chi connectivity index (χ4n) is 3.00. The van der Waals surface area contributed by atoms with Crippen molar-refractivity contribution in [2.24, 2.45) is 4.99 Å². The lowest BCUT2D eigenvalue weighted by Crippen LogP contribution is -2.36. The number of hydrogen-bond donors (Lipinski definition) is 4. The van der Waals surface area contributed by atoms with Crippen molar-refractivity contribution in [1.82, 2.24) is 19.5 Å². The zero-order valence-corrected chi connectivity index (χ0v) is 14.0. The molecule has 1 aromatic carbocycles. The summed E-state index contributed by atoms with van der Waals surface area (Å²) in [4.78, 5) is 27.8. The van der Waals surface area contributed by atoms with Gasteiger partial charge in [-0.05, 0) is 12.1 Å². The molecule has 3 heterocycles. The van der Waals surface area contributed by atoms with Crippen molar-refractivity contribution in [2.75, 3.05) is 6.61 Å². The molecule has 0 radical (unpaired) electrons. The Balaban J connectivity index is 1.86. The first-order valence-corrected chi connectivity index (χ1v) is 8.27. The van der Waals surface area contributed by atoms with Crippen LogP contribution in [0.2, 0.25) is 0 Å². The Morgan fingerprint density at radius 1 is 1.22 bits per heavy atom. The molecule has 0 aliphatic carbocycles. The number of hydrogen-bond acceptors (Lipinski definition) is 7. The highest BCUT2D eigenvalue weighted by Gasteiger charge is 2.43. The molecule has 27 heavy (non-hydrogen) atoms. The third-order valence-electron chi connectivity index (χ3n) is 4.41. The molecule has 0 spiro atoms. The van der Waals surface area contributed by atoms with E-state index in [2.05, 4.69) is 19.9 Å². The lowest BCUT2D eigenvalue weighted by atomic mass is 10.1. The zero-order valence-electron chi connectivity index (χ0n) is 14.0. The summed E-state index contributed by atoms with van der Waals surface area (Å²) in [6, 6.07) is 8.50. The Morgan fingerprint density at radius 3 is 2.70 bits per heavy atom. The summed E-state index contributed by atoms with van der Waals surface area (Å²) in [5.41, 5.74) is 1.23. The van der Waals surface area contributed by atoms with Gasteiger partial charge < -0.3 is 25.0 Å². The van der Waals surface area contributed by atoms with Gasteiger partial charge in [0.05, 0.1) is 12.9 Å². The number of nitrogens with one attached hydrogen (secondary N) is 1. The molecule has 4 atom stereocenters. The number of carbonyl (C=O) groups is 1. The van der Waals surface area contributed by atoms with Crippen LogP contribution in [0.15, 0.2) is 48.0 Å². The average Bonchev–Trinajstić information content (AvgIpc) is 3.28. The molecule has 2 aromatic heterocycles. The SMILES string of the molecule is O=C(N=c1c2[nH]cnc2ncn1[C@@H]1O[C@H](CO)[C@@H](O)[C@@H]1O)c1ccccc1. The molecular formula is C17H17N5O5. The number of fused-ring (bicyclic) bond motifs is 1. The molecule has 1 saturated heterocycles. The van der Waals surface area contributed by atoms with Crippen LogP contribution in [0, 0.1) is 0 Å². The van der Waals surface area contributed by atoms with Crippen LogP contribution in [0.3, 0.4) is 0 Å². The smallest absolute Gasteiger partial charge is 0.279 e. The van der Waals surface area contributed by atoms with Crippen molar-refractivity contribution < 1.29 is 24.9 Å². The van der Waals surface area contributed by atoms with Crippen molar-refractivity contribution in [3.05, 3.63) is 54.0 Å². The molecule has 3 aromatic rings. The normalized spacial score (nSPS) is 26.0. The number of H-pyrrole nitrogens is 1. The van der Waals surface area contributed by atoms with Crippen LogP contribution in [-0.2, 0) is 4.74 Å². The number of aromatic nitrogens is 4. The predicted octanol–water partition coefficient (Wildman–Crippen LogP) is -0.888. The van der Waals surface area contributed by atoms with Crippen LogP contribution in [0.25, 0.3) is 11.2 Å². The third-order valence-corrected chi connectivity index (χ3v) is 4.41. The first-order valence-electron chi connectivity index (χ1n) is 8.27. The van der Waals surface area contributed by atoms with Gasteiger partial charge >= 0.3 is 0 Å². The maximum Gasteiger partial charge on any atom is 0.279 e. The van der Waals surface area contributed by atoms with Crippen molar-refractivity contribution in [3.63, 3.8) is 0 Å². The zero-order chi connectivity index (χ0) is 19.0. The first kappa shape index (κ1) is 17.5. The highest BCUT2D eigenvalue weighted by molar-refractivity contribution is 5.95. The maximum atomic E-state index is 12.6. The number of ether oxygens (including phenoxy) is 1. The second kappa shape index (κ2) is 7.00. The fraction of sp³-hybridized carbons (Fsp3) is 0.294. The number of imidazole rings is 1. The van der Waals surface area contributed by atoms with E-state index >= 15 is 0 Å². The molecule has 1 aliphatic rings. The van der Waals surface area contributed by atoms with Gasteiger partial charge in [0, 0.05) is 5.56 Å². The van der Waals surface area contributed by atoms with Gasteiger partial charge in [-0.1, -0.05) is 18.2 Å². The number of carbonyl (C=O) groups excluding carboxylic acids is 1. The molecular weight excluding hydrogens is 354 g/mol. The lowest BCUT2D eigenvalue weighted by Gasteiger charge is -2.18. The van der Waals surface area contributed by atoms with E-state index in [1.54, 1.807) is 30.3 Å². The van der Waals surface area contributed by atoms with E-state index in [-0.39, 0.29) is 5.49 Å². The fourth-order valence-corrected chi connectivity index (χ4v) is 3.00. The molecule has 4 rings (SSSR count). The third kappa shape index (κ3) is 3.04. The second-order valence-corrected chi connectivity index (χ2v) is 6.09. The molecule has 1 amide bonds. The first-order chi connectivity index (χ1) is 13.1. The number of rotatable bonds is 3. The number of aliphatic hydroxyl groups is 3. The number of nitrogens with zero attached hydrogens (tertiary/aromatic N) is 4. The topological polar surface area (TPSA) is 146 Å². The minimum atomic E-state index is -1.34. The van der Waals surface area contributed by atoms with Gasteiger partial charge in [-0.2, -0.15) is 4.99 Å². The van der Waals surface area contributed by atoms with Gasteiger partial charge in [-0.15, -0.1) is 0 Å². The second-order valence-electron chi connectivity index (χ2n) is 6.09. The highest BCUT2D eigenvalue weighted by Crippen LogP contribution is 2.28. The standard InChI is InChI=1S/C17H17N5O5/c23-6-10-12(24)13(25)17(27-10)22-8-20-14-11(18-7-19-14)15(22)21-16(26)9-4-2-1-3-5-9/h1-5,7-8,10,12-13,17,23-25H,6H2,(H,18,19)/t10-,12-,13+,17-/m1/s1. The Hall–Kier alpha value is -2.92.